The number of rotatable bonds is 7. The highest BCUT2D eigenvalue weighted by atomic mass is 19.1. The highest BCUT2D eigenvalue weighted by Gasteiger charge is 2.07. The summed E-state index contributed by atoms with van der Waals surface area (Å²) in [4.78, 5) is 27.5. The van der Waals surface area contributed by atoms with Gasteiger partial charge in [-0.2, -0.15) is 0 Å². The Morgan fingerprint density at radius 2 is 1.62 bits per heavy atom. The van der Waals surface area contributed by atoms with Crippen LogP contribution < -0.4 is 16.0 Å². The van der Waals surface area contributed by atoms with Gasteiger partial charge < -0.3 is 16.0 Å². The summed E-state index contributed by atoms with van der Waals surface area (Å²) in [7, 11) is 0. The van der Waals surface area contributed by atoms with Crippen molar-refractivity contribution in [3.63, 3.8) is 0 Å². The molecule has 3 aromatic rings. The van der Waals surface area contributed by atoms with Crippen LogP contribution in [0.1, 0.15) is 22.8 Å². The predicted molar refractivity (Wildman–Crippen MR) is 111 cm³/mol. The number of halogens is 1. The number of benzene rings is 2. The van der Waals surface area contributed by atoms with Gasteiger partial charge in [-0.1, -0.05) is 12.1 Å². The zero-order chi connectivity index (χ0) is 20.6. The fraction of sp³-hybridized carbons (Fsp3) is 0.136. The Bertz CT molecular complexity index is 988. The van der Waals surface area contributed by atoms with Gasteiger partial charge in [-0.05, 0) is 54.4 Å². The Balaban J connectivity index is 1.56. The molecule has 2 aromatic carbocycles. The number of anilines is 3. The summed E-state index contributed by atoms with van der Waals surface area (Å²) in [6.45, 7) is 1.89. The van der Waals surface area contributed by atoms with Gasteiger partial charge in [0.05, 0.1) is 17.4 Å². The Kier molecular flexibility index (Phi) is 6.52. The summed E-state index contributed by atoms with van der Waals surface area (Å²) in [5.41, 5.74) is 3.56. The van der Waals surface area contributed by atoms with E-state index in [-0.39, 0.29) is 17.6 Å². The highest BCUT2D eigenvalue weighted by Crippen LogP contribution is 2.19. The maximum Gasteiger partial charge on any atom is 0.252 e. The third-order valence-electron chi connectivity index (χ3n) is 4.11. The van der Waals surface area contributed by atoms with Gasteiger partial charge >= 0.3 is 0 Å². The van der Waals surface area contributed by atoms with Gasteiger partial charge in [-0.15, -0.1) is 0 Å². The first-order valence-electron chi connectivity index (χ1n) is 9.12. The van der Waals surface area contributed by atoms with Gasteiger partial charge in [0, 0.05) is 31.0 Å². The van der Waals surface area contributed by atoms with Crippen molar-refractivity contribution in [1.82, 2.24) is 10.3 Å². The molecule has 6 nitrogen and oxygen atoms in total. The number of pyridine rings is 1. The standard InChI is InChI=1S/C22H21FN4O2/c1-15(28)26-19-6-8-20(9-7-19)27-21-12-17(13-24-14-21)22(29)25-11-10-16-2-4-18(23)5-3-16/h2-9,12-14,27H,10-11H2,1H3,(H,25,29)(H,26,28). The minimum Gasteiger partial charge on any atom is -0.354 e. The van der Waals surface area contributed by atoms with Gasteiger partial charge in [0.1, 0.15) is 5.82 Å². The molecular weight excluding hydrogens is 371 g/mol. The van der Waals surface area contributed by atoms with E-state index in [1.54, 1.807) is 36.5 Å². The van der Waals surface area contributed by atoms with E-state index in [1.165, 1.54) is 25.3 Å². The monoisotopic (exact) mass is 392 g/mol. The molecule has 0 bridgehead atoms. The topological polar surface area (TPSA) is 83.1 Å². The van der Waals surface area contributed by atoms with Crippen molar-refractivity contribution in [1.29, 1.82) is 0 Å². The van der Waals surface area contributed by atoms with Crippen LogP contribution in [0.5, 0.6) is 0 Å². The van der Waals surface area contributed by atoms with Gasteiger partial charge in [0.25, 0.3) is 5.91 Å². The normalized spacial score (nSPS) is 10.3. The predicted octanol–water partition coefficient (Wildman–Crippen LogP) is 3.90. The van der Waals surface area contributed by atoms with Crippen LogP contribution in [0.2, 0.25) is 0 Å². The van der Waals surface area contributed by atoms with Crippen LogP contribution in [-0.2, 0) is 11.2 Å². The van der Waals surface area contributed by atoms with Gasteiger partial charge in [-0.3, -0.25) is 14.6 Å². The molecule has 3 N–H and O–H groups in total. The minimum absolute atomic E-state index is 0.131. The summed E-state index contributed by atoms with van der Waals surface area (Å²) in [6.07, 6.45) is 3.73. The maximum atomic E-state index is 12.9. The zero-order valence-corrected chi connectivity index (χ0v) is 15.9. The number of carbonyl (C=O) groups excluding carboxylic acids is 2. The van der Waals surface area contributed by atoms with Crippen LogP contribution in [0.3, 0.4) is 0 Å². The molecule has 0 aliphatic heterocycles. The van der Waals surface area contributed by atoms with Crippen LogP contribution in [0, 0.1) is 5.82 Å². The zero-order valence-electron chi connectivity index (χ0n) is 15.9. The molecule has 0 fully saturated rings. The lowest BCUT2D eigenvalue weighted by Gasteiger charge is -2.10. The first kappa shape index (κ1) is 20.0. The van der Waals surface area contributed by atoms with Crippen LogP contribution in [0.15, 0.2) is 67.0 Å². The lowest BCUT2D eigenvalue weighted by molar-refractivity contribution is -0.114. The van der Waals surface area contributed by atoms with Crippen LogP contribution in [-0.4, -0.2) is 23.3 Å². The van der Waals surface area contributed by atoms with Crippen LogP contribution in [0.4, 0.5) is 21.5 Å². The lowest BCUT2D eigenvalue weighted by Crippen LogP contribution is -2.25. The summed E-state index contributed by atoms with van der Waals surface area (Å²) in [5.74, 6) is -0.643. The molecule has 0 spiro atoms. The molecule has 2 amide bonds. The van der Waals surface area contributed by atoms with Crippen molar-refractivity contribution in [2.45, 2.75) is 13.3 Å². The average Bonchev–Trinajstić information content (AvgIpc) is 2.71. The molecule has 0 unspecified atom stereocenters. The summed E-state index contributed by atoms with van der Waals surface area (Å²) in [5, 5.41) is 8.72. The van der Waals surface area contributed by atoms with Crippen molar-refractivity contribution in [2.24, 2.45) is 0 Å². The number of nitrogens with zero attached hydrogens (tertiary/aromatic N) is 1. The number of aromatic nitrogens is 1. The molecule has 0 atom stereocenters. The SMILES string of the molecule is CC(=O)Nc1ccc(Nc2cncc(C(=O)NCCc3ccc(F)cc3)c2)cc1. The van der Waals surface area contributed by atoms with E-state index in [1.807, 2.05) is 12.1 Å². The Hall–Kier alpha value is -3.74. The Morgan fingerprint density at radius 1 is 0.931 bits per heavy atom. The van der Waals surface area contributed by atoms with E-state index in [4.69, 9.17) is 0 Å². The molecule has 7 heteroatoms. The summed E-state index contributed by atoms with van der Waals surface area (Å²) >= 11 is 0. The molecule has 0 radical (unpaired) electrons. The number of carbonyl (C=O) groups is 2. The third kappa shape index (κ3) is 6.14. The van der Waals surface area contributed by atoms with E-state index in [2.05, 4.69) is 20.9 Å². The molecule has 1 aromatic heterocycles. The molecule has 0 saturated heterocycles. The number of amides is 2. The Labute approximate surface area is 168 Å². The quantitative estimate of drug-likeness (QED) is 0.570. The van der Waals surface area contributed by atoms with E-state index < -0.39 is 0 Å². The lowest BCUT2D eigenvalue weighted by atomic mass is 10.1. The van der Waals surface area contributed by atoms with E-state index in [0.29, 0.717) is 29.9 Å². The molecule has 148 valence electrons. The summed E-state index contributed by atoms with van der Waals surface area (Å²) in [6, 6.07) is 15.1. The molecule has 0 saturated carbocycles. The van der Waals surface area contributed by atoms with Crippen molar-refractivity contribution >= 4 is 28.9 Å². The Morgan fingerprint density at radius 3 is 2.31 bits per heavy atom. The fourth-order valence-electron chi connectivity index (χ4n) is 2.71. The van der Waals surface area contributed by atoms with Crippen molar-refractivity contribution in [2.75, 3.05) is 17.2 Å². The van der Waals surface area contributed by atoms with E-state index >= 15 is 0 Å². The van der Waals surface area contributed by atoms with Crippen molar-refractivity contribution in [3.05, 3.63) is 83.9 Å². The van der Waals surface area contributed by atoms with Gasteiger partial charge in [0.15, 0.2) is 0 Å². The molecule has 3 rings (SSSR count). The maximum absolute atomic E-state index is 12.9. The second-order valence-corrected chi connectivity index (χ2v) is 6.48. The number of nitrogens with one attached hydrogen (secondary N) is 3. The van der Waals surface area contributed by atoms with Crippen molar-refractivity contribution < 1.29 is 14.0 Å². The van der Waals surface area contributed by atoms with Gasteiger partial charge in [-0.25, -0.2) is 4.39 Å². The fourth-order valence-corrected chi connectivity index (χ4v) is 2.71. The molecule has 0 aliphatic rings. The van der Waals surface area contributed by atoms with Crippen LogP contribution in [0.25, 0.3) is 0 Å². The number of hydrogen-bond donors (Lipinski definition) is 3. The largest absolute Gasteiger partial charge is 0.354 e. The third-order valence-corrected chi connectivity index (χ3v) is 4.11. The smallest absolute Gasteiger partial charge is 0.252 e. The molecule has 1 heterocycles. The second-order valence-electron chi connectivity index (χ2n) is 6.48. The average molecular weight is 392 g/mol. The number of hydrogen-bond acceptors (Lipinski definition) is 4. The molecule has 0 aliphatic carbocycles. The first-order chi connectivity index (χ1) is 14.0. The van der Waals surface area contributed by atoms with Crippen LogP contribution >= 0.6 is 0 Å². The second kappa shape index (κ2) is 9.45. The van der Waals surface area contributed by atoms with Crippen molar-refractivity contribution in [3.8, 4) is 0 Å². The van der Waals surface area contributed by atoms with Gasteiger partial charge in [0.2, 0.25) is 5.91 Å². The summed E-state index contributed by atoms with van der Waals surface area (Å²) < 4.78 is 12.9. The minimum atomic E-state index is -0.280. The molecule has 29 heavy (non-hydrogen) atoms. The van der Waals surface area contributed by atoms with E-state index in [0.717, 1.165) is 11.3 Å². The first-order valence-corrected chi connectivity index (χ1v) is 9.12. The highest BCUT2D eigenvalue weighted by molar-refractivity contribution is 5.95. The molecular formula is C22H21FN4O2. The van der Waals surface area contributed by atoms with E-state index in [9.17, 15) is 14.0 Å².